The van der Waals surface area contributed by atoms with Crippen LogP contribution in [-0.4, -0.2) is 5.78 Å². The molecule has 0 bridgehead atoms. The number of hydroxylamine groups is 1. The molecule has 0 amide bonds. The molecule has 0 radical (unpaired) electrons. The lowest BCUT2D eigenvalue weighted by molar-refractivity contribution is 0.0972. The van der Waals surface area contributed by atoms with Gasteiger partial charge in [0.2, 0.25) is 0 Å². The van der Waals surface area contributed by atoms with Gasteiger partial charge in [-0.05, 0) is 24.1 Å². The highest BCUT2D eigenvalue weighted by molar-refractivity contribution is 5.98. The fourth-order valence-electron chi connectivity index (χ4n) is 1.94. The molecule has 104 valence electrons. The number of nitrogens with one attached hydrogen (secondary N) is 1. The molecule has 0 aromatic heterocycles. The van der Waals surface area contributed by atoms with E-state index in [0.717, 1.165) is 12.0 Å². The first-order chi connectivity index (χ1) is 9.81. The molecule has 3 heteroatoms. The number of benzene rings is 2. The first kappa shape index (κ1) is 14.3. The summed E-state index contributed by atoms with van der Waals surface area (Å²) in [6.07, 6.45) is 1.38. The molecule has 0 unspecified atom stereocenters. The maximum absolute atomic E-state index is 12.0. The van der Waals surface area contributed by atoms with Crippen LogP contribution in [0.25, 0.3) is 0 Å². The quantitative estimate of drug-likeness (QED) is 0.614. The molecule has 0 atom stereocenters. The second-order valence-corrected chi connectivity index (χ2v) is 4.58. The van der Waals surface area contributed by atoms with Gasteiger partial charge in [-0.15, -0.1) is 0 Å². The van der Waals surface area contributed by atoms with E-state index in [2.05, 4.69) is 5.48 Å². The number of carbonyl (C=O) groups excluding carboxylic acids is 1. The predicted molar refractivity (Wildman–Crippen MR) is 79.6 cm³/mol. The molecule has 0 heterocycles. The Bertz CT molecular complexity index is 552. The minimum Gasteiger partial charge on any atom is -0.408 e. The van der Waals surface area contributed by atoms with E-state index in [1.165, 1.54) is 0 Å². The first-order valence-corrected chi connectivity index (χ1v) is 6.87. The molecule has 0 aliphatic rings. The zero-order chi connectivity index (χ0) is 14.2. The summed E-state index contributed by atoms with van der Waals surface area (Å²) >= 11 is 0. The third-order valence-electron chi connectivity index (χ3n) is 2.97. The smallest absolute Gasteiger partial charge is 0.166 e. The van der Waals surface area contributed by atoms with Crippen molar-refractivity contribution in [3.8, 4) is 5.75 Å². The molecule has 0 saturated heterocycles. The van der Waals surface area contributed by atoms with Crippen molar-refractivity contribution in [3.05, 3.63) is 65.7 Å². The van der Waals surface area contributed by atoms with Crippen LogP contribution in [0.2, 0.25) is 0 Å². The number of para-hydroxylation sites is 1. The van der Waals surface area contributed by atoms with Crippen LogP contribution in [0.1, 0.15) is 35.7 Å². The van der Waals surface area contributed by atoms with Gasteiger partial charge in [0.05, 0.1) is 12.1 Å². The van der Waals surface area contributed by atoms with Gasteiger partial charge in [-0.1, -0.05) is 49.4 Å². The summed E-state index contributed by atoms with van der Waals surface area (Å²) < 4.78 is 0. The molecule has 20 heavy (non-hydrogen) atoms. The van der Waals surface area contributed by atoms with Gasteiger partial charge in [-0.3, -0.25) is 4.79 Å². The van der Waals surface area contributed by atoms with Gasteiger partial charge >= 0.3 is 0 Å². The highest BCUT2D eigenvalue weighted by Gasteiger charge is 2.11. The highest BCUT2D eigenvalue weighted by Crippen LogP contribution is 2.19. The number of hydrogen-bond donors (Lipinski definition) is 1. The molecular weight excluding hydrogens is 250 g/mol. The summed E-state index contributed by atoms with van der Waals surface area (Å²) in [4.78, 5) is 17.5. The number of ketones is 1. The van der Waals surface area contributed by atoms with Crippen LogP contribution in [0.3, 0.4) is 0 Å². The summed E-state index contributed by atoms with van der Waals surface area (Å²) in [5.41, 5.74) is 4.67. The van der Waals surface area contributed by atoms with Crippen molar-refractivity contribution in [2.24, 2.45) is 0 Å². The van der Waals surface area contributed by atoms with Crippen molar-refractivity contribution in [2.75, 3.05) is 0 Å². The van der Waals surface area contributed by atoms with E-state index in [1.54, 1.807) is 12.1 Å². The fourth-order valence-corrected chi connectivity index (χ4v) is 1.94. The molecule has 0 spiro atoms. The van der Waals surface area contributed by atoms with Crippen LogP contribution in [0.5, 0.6) is 5.75 Å². The normalized spacial score (nSPS) is 10.2. The van der Waals surface area contributed by atoms with Crippen molar-refractivity contribution in [1.29, 1.82) is 0 Å². The number of rotatable bonds is 7. The summed E-state index contributed by atoms with van der Waals surface area (Å²) in [7, 11) is 0. The van der Waals surface area contributed by atoms with Gasteiger partial charge in [0, 0.05) is 6.42 Å². The Morgan fingerprint density at radius 1 is 1.05 bits per heavy atom. The van der Waals surface area contributed by atoms with Crippen molar-refractivity contribution in [3.63, 3.8) is 0 Å². The van der Waals surface area contributed by atoms with Gasteiger partial charge in [0.25, 0.3) is 0 Å². The third-order valence-corrected chi connectivity index (χ3v) is 2.97. The van der Waals surface area contributed by atoms with Crippen molar-refractivity contribution in [1.82, 2.24) is 5.48 Å². The number of Topliss-reactive ketones (excluding diaryl/α,β-unsaturated/α-hetero) is 1. The van der Waals surface area contributed by atoms with E-state index < -0.39 is 0 Å². The topological polar surface area (TPSA) is 38.3 Å². The molecule has 3 nitrogen and oxygen atoms in total. The van der Waals surface area contributed by atoms with Crippen LogP contribution in [0.4, 0.5) is 0 Å². The average molecular weight is 269 g/mol. The fraction of sp³-hybridized carbons (Fsp3) is 0.235. The molecule has 1 N–H and O–H groups in total. The number of hydrogen-bond acceptors (Lipinski definition) is 3. The molecule has 0 saturated carbocycles. The molecule has 0 fully saturated rings. The van der Waals surface area contributed by atoms with Crippen LogP contribution in [0, 0.1) is 0 Å². The first-order valence-electron chi connectivity index (χ1n) is 6.87. The van der Waals surface area contributed by atoms with Gasteiger partial charge in [-0.2, -0.15) is 5.48 Å². The second-order valence-electron chi connectivity index (χ2n) is 4.58. The molecule has 2 aromatic rings. The van der Waals surface area contributed by atoms with Crippen LogP contribution >= 0.6 is 0 Å². The van der Waals surface area contributed by atoms with E-state index in [0.29, 0.717) is 24.3 Å². The summed E-state index contributed by atoms with van der Waals surface area (Å²) in [5, 5.41) is 0. The molecule has 2 rings (SSSR count). The van der Waals surface area contributed by atoms with Crippen molar-refractivity contribution < 1.29 is 9.63 Å². The summed E-state index contributed by atoms with van der Waals surface area (Å²) in [5.74, 6) is 0.700. The Balaban J connectivity index is 1.97. The maximum Gasteiger partial charge on any atom is 0.166 e. The van der Waals surface area contributed by atoms with Crippen molar-refractivity contribution in [2.45, 2.75) is 26.3 Å². The molecule has 2 aromatic carbocycles. The lowest BCUT2D eigenvalue weighted by Gasteiger charge is -2.10. The largest absolute Gasteiger partial charge is 0.408 e. The number of carbonyl (C=O) groups is 1. The third kappa shape index (κ3) is 3.93. The zero-order valence-corrected chi connectivity index (χ0v) is 11.6. The molecular formula is C17H19NO2. The van der Waals surface area contributed by atoms with E-state index >= 15 is 0 Å². The van der Waals surface area contributed by atoms with Gasteiger partial charge in [0.15, 0.2) is 11.5 Å². The minimum atomic E-state index is 0.115. The van der Waals surface area contributed by atoms with Gasteiger partial charge in [-0.25, -0.2) is 0 Å². The Morgan fingerprint density at radius 3 is 2.50 bits per heavy atom. The van der Waals surface area contributed by atoms with Crippen LogP contribution in [-0.2, 0) is 6.54 Å². The van der Waals surface area contributed by atoms with Crippen molar-refractivity contribution >= 4 is 5.78 Å². The lowest BCUT2D eigenvalue weighted by atomic mass is 10.1. The molecule has 0 aliphatic heterocycles. The van der Waals surface area contributed by atoms with Gasteiger partial charge < -0.3 is 4.84 Å². The van der Waals surface area contributed by atoms with Crippen LogP contribution < -0.4 is 10.3 Å². The predicted octanol–water partition coefficient (Wildman–Crippen LogP) is 3.75. The van der Waals surface area contributed by atoms with E-state index in [1.807, 2.05) is 49.4 Å². The van der Waals surface area contributed by atoms with Gasteiger partial charge in [0.1, 0.15) is 0 Å². The standard InChI is InChI=1S/C17H19NO2/c1-2-8-16(19)15-11-6-7-12-17(15)20-18-13-14-9-4-3-5-10-14/h3-7,9-12,18H,2,8,13H2,1H3. The average Bonchev–Trinajstić information content (AvgIpc) is 2.49. The van der Waals surface area contributed by atoms with E-state index in [4.69, 9.17) is 4.84 Å². The molecule has 0 aliphatic carbocycles. The Hall–Kier alpha value is -2.13. The maximum atomic E-state index is 12.0. The highest BCUT2D eigenvalue weighted by atomic mass is 16.6. The monoisotopic (exact) mass is 269 g/mol. The Kier molecular flexibility index (Phi) is 5.33. The minimum absolute atomic E-state index is 0.115. The zero-order valence-electron chi connectivity index (χ0n) is 11.6. The summed E-state index contributed by atoms with van der Waals surface area (Å²) in [6.45, 7) is 2.59. The Labute approximate surface area is 119 Å². The lowest BCUT2D eigenvalue weighted by Crippen LogP contribution is -2.19. The second kappa shape index (κ2) is 7.46. The van der Waals surface area contributed by atoms with E-state index in [-0.39, 0.29) is 5.78 Å². The van der Waals surface area contributed by atoms with Crippen LogP contribution in [0.15, 0.2) is 54.6 Å². The summed E-state index contributed by atoms with van der Waals surface area (Å²) in [6, 6.07) is 17.3. The Morgan fingerprint density at radius 2 is 1.75 bits per heavy atom. The van der Waals surface area contributed by atoms with E-state index in [9.17, 15) is 4.79 Å². The SMILES string of the molecule is CCCC(=O)c1ccccc1ONCc1ccccc1.